The molecule has 2 aromatic rings. The van der Waals surface area contributed by atoms with E-state index in [0.717, 1.165) is 12.1 Å². The van der Waals surface area contributed by atoms with Crippen molar-refractivity contribution in [1.29, 1.82) is 0 Å². The number of Topliss-reactive ketones (excluding diaryl/α,β-unsaturated/α-hetero) is 1. The van der Waals surface area contributed by atoms with E-state index in [1.54, 1.807) is 6.07 Å². The molecule has 0 saturated heterocycles. The Morgan fingerprint density at radius 3 is 2.47 bits per heavy atom. The van der Waals surface area contributed by atoms with Crippen molar-refractivity contribution in [2.45, 2.75) is 6.42 Å². The predicted molar refractivity (Wildman–Crippen MR) is 70.3 cm³/mol. The average Bonchev–Trinajstić information content (AvgIpc) is 2.33. The molecule has 2 aromatic carbocycles. The van der Waals surface area contributed by atoms with Gasteiger partial charge >= 0.3 is 0 Å². The molecule has 0 aliphatic rings. The van der Waals surface area contributed by atoms with Crippen molar-refractivity contribution in [3.8, 4) is 0 Å². The quantitative estimate of drug-likeness (QED) is 0.690. The Balaban J connectivity index is 2.23. The first-order valence-corrected chi connectivity index (χ1v) is 5.87. The minimum absolute atomic E-state index is 0.0525. The molecule has 0 aromatic heterocycles. The topological polar surface area (TPSA) is 43.1 Å². The standard InChI is InChI=1S/C14H10ClF2NO/c15-9-2-3-10(13(18)7-9)14(19)6-8-1-4-11(16)12(17)5-8/h1-5,7H,6,18H2. The minimum Gasteiger partial charge on any atom is -0.398 e. The Morgan fingerprint density at radius 1 is 1.11 bits per heavy atom. The van der Waals surface area contributed by atoms with E-state index in [9.17, 15) is 13.6 Å². The molecule has 0 spiro atoms. The van der Waals surface area contributed by atoms with Gasteiger partial charge in [-0.15, -0.1) is 0 Å². The lowest BCUT2D eigenvalue weighted by atomic mass is 10.0. The molecule has 0 heterocycles. The fourth-order valence-electron chi connectivity index (χ4n) is 1.72. The molecule has 0 amide bonds. The van der Waals surface area contributed by atoms with Crippen LogP contribution >= 0.6 is 11.6 Å². The van der Waals surface area contributed by atoms with E-state index in [2.05, 4.69) is 0 Å². The van der Waals surface area contributed by atoms with Gasteiger partial charge in [0, 0.05) is 22.7 Å². The summed E-state index contributed by atoms with van der Waals surface area (Å²) in [6, 6.07) is 7.89. The van der Waals surface area contributed by atoms with Gasteiger partial charge in [0.25, 0.3) is 0 Å². The van der Waals surface area contributed by atoms with Gasteiger partial charge in [0.2, 0.25) is 0 Å². The summed E-state index contributed by atoms with van der Waals surface area (Å²) >= 11 is 5.74. The van der Waals surface area contributed by atoms with Crippen molar-refractivity contribution < 1.29 is 13.6 Å². The van der Waals surface area contributed by atoms with Gasteiger partial charge in [-0.05, 0) is 35.9 Å². The Labute approximate surface area is 113 Å². The third kappa shape index (κ3) is 3.09. The number of anilines is 1. The van der Waals surface area contributed by atoms with E-state index in [-0.39, 0.29) is 17.9 Å². The van der Waals surface area contributed by atoms with Gasteiger partial charge in [0.15, 0.2) is 17.4 Å². The first-order chi connectivity index (χ1) is 8.97. The van der Waals surface area contributed by atoms with Gasteiger partial charge in [-0.25, -0.2) is 8.78 Å². The fraction of sp³-hybridized carbons (Fsp3) is 0.0714. The van der Waals surface area contributed by atoms with Gasteiger partial charge < -0.3 is 5.73 Å². The number of hydrogen-bond donors (Lipinski definition) is 1. The third-order valence-corrected chi connectivity index (χ3v) is 2.90. The van der Waals surface area contributed by atoms with Gasteiger partial charge in [-0.3, -0.25) is 4.79 Å². The van der Waals surface area contributed by atoms with Gasteiger partial charge in [0.1, 0.15) is 0 Å². The third-order valence-electron chi connectivity index (χ3n) is 2.66. The Bertz CT molecular complexity index is 643. The lowest BCUT2D eigenvalue weighted by molar-refractivity contribution is 0.0993. The zero-order valence-corrected chi connectivity index (χ0v) is 10.5. The molecular weight excluding hydrogens is 272 g/mol. The van der Waals surface area contributed by atoms with Crippen molar-refractivity contribution >= 4 is 23.1 Å². The highest BCUT2D eigenvalue weighted by Crippen LogP contribution is 2.20. The van der Waals surface area contributed by atoms with Crippen LogP contribution in [0.15, 0.2) is 36.4 Å². The molecule has 0 radical (unpaired) electrons. The van der Waals surface area contributed by atoms with Crippen LogP contribution in [0.5, 0.6) is 0 Å². The molecular formula is C14H10ClF2NO. The SMILES string of the molecule is Nc1cc(Cl)ccc1C(=O)Cc1ccc(F)c(F)c1. The summed E-state index contributed by atoms with van der Waals surface area (Å²) in [4.78, 5) is 12.0. The zero-order chi connectivity index (χ0) is 14.0. The lowest BCUT2D eigenvalue weighted by Crippen LogP contribution is -2.07. The molecule has 0 aliphatic heterocycles. The van der Waals surface area contributed by atoms with Crippen LogP contribution in [-0.2, 0) is 6.42 Å². The van der Waals surface area contributed by atoms with Crippen LogP contribution in [0.1, 0.15) is 15.9 Å². The lowest BCUT2D eigenvalue weighted by Gasteiger charge is -2.06. The van der Waals surface area contributed by atoms with E-state index in [1.165, 1.54) is 18.2 Å². The summed E-state index contributed by atoms with van der Waals surface area (Å²) in [5, 5.41) is 0.432. The van der Waals surface area contributed by atoms with Crippen LogP contribution in [0.2, 0.25) is 5.02 Å². The second-order valence-electron chi connectivity index (χ2n) is 4.08. The average molecular weight is 282 g/mol. The number of carbonyl (C=O) groups is 1. The smallest absolute Gasteiger partial charge is 0.169 e. The molecule has 19 heavy (non-hydrogen) atoms. The van der Waals surface area contributed by atoms with Crippen LogP contribution in [-0.4, -0.2) is 5.78 Å². The summed E-state index contributed by atoms with van der Waals surface area (Å²) in [6.07, 6.45) is -0.0525. The second kappa shape index (κ2) is 5.36. The summed E-state index contributed by atoms with van der Waals surface area (Å²) in [6.45, 7) is 0. The molecule has 0 fully saturated rings. The molecule has 98 valence electrons. The molecule has 0 bridgehead atoms. The maximum absolute atomic E-state index is 13.0. The number of carbonyl (C=O) groups excluding carboxylic acids is 1. The Morgan fingerprint density at radius 2 is 1.84 bits per heavy atom. The molecule has 2 rings (SSSR count). The largest absolute Gasteiger partial charge is 0.398 e. The summed E-state index contributed by atoms with van der Waals surface area (Å²) in [5.74, 6) is -2.20. The van der Waals surface area contributed by atoms with E-state index in [0.29, 0.717) is 16.1 Å². The molecule has 2 N–H and O–H groups in total. The summed E-state index contributed by atoms with van der Waals surface area (Å²) in [5.41, 5.74) is 6.66. The number of ketones is 1. The highest BCUT2D eigenvalue weighted by Gasteiger charge is 2.12. The number of rotatable bonds is 3. The van der Waals surface area contributed by atoms with E-state index < -0.39 is 11.6 Å². The van der Waals surface area contributed by atoms with E-state index in [4.69, 9.17) is 17.3 Å². The van der Waals surface area contributed by atoms with Crippen LogP contribution in [0, 0.1) is 11.6 Å². The van der Waals surface area contributed by atoms with Gasteiger partial charge in [-0.1, -0.05) is 17.7 Å². The number of benzene rings is 2. The molecule has 5 heteroatoms. The van der Waals surface area contributed by atoms with Crippen molar-refractivity contribution in [2.24, 2.45) is 0 Å². The summed E-state index contributed by atoms with van der Waals surface area (Å²) < 4.78 is 25.8. The number of halogens is 3. The Kier molecular flexibility index (Phi) is 3.81. The first kappa shape index (κ1) is 13.5. The van der Waals surface area contributed by atoms with Crippen molar-refractivity contribution in [2.75, 3.05) is 5.73 Å². The summed E-state index contributed by atoms with van der Waals surface area (Å²) in [7, 11) is 0. The van der Waals surface area contributed by atoms with Crippen LogP contribution in [0.4, 0.5) is 14.5 Å². The maximum Gasteiger partial charge on any atom is 0.169 e. The second-order valence-corrected chi connectivity index (χ2v) is 4.52. The first-order valence-electron chi connectivity index (χ1n) is 5.49. The van der Waals surface area contributed by atoms with Gasteiger partial charge in [0.05, 0.1) is 0 Å². The van der Waals surface area contributed by atoms with Crippen molar-refractivity contribution in [1.82, 2.24) is 0 Å². The van der Waals surface area contributed by atoms with Gasteiger partial charge in [-0.2, -0.15) is 0 Å². The normalized spacial score (nSPS) is 10.5. The Hall–Kier alpha value is -1.94. The number of nitrogens with two attached hydrogens (primary N) is 1. The number of nitrogen functional groups attached to an aromatic ring is 1. The monoisotopic (exact) mass is 281 g/mol. The maximum atomic E-state index is 13.0. The predicted octanol–water partition coefficient (Wildman–Crippen LogP) is 3.63. The minimum atomic E-state index is -0.977. The number of hydrogen-bond acceptors (Lipinski definition) is 2. The van der Waals surface area contributed by atoms with Crippen molar-refractivity contribution in [3.63, 3.8) is 0 Å². The molecule has 0 aliphatic carbocycles. The molecule has 0 saturated carbocycles. The van der Waals surface area contributed by atoms with E-state index >= 15 is 0 Å². The highest BCUT2D eigenvalue weighted by atomic mass is 35.5. The van der Waals surface area contributed by atoms with Crippen LogP contribution < -0.4 is 5.73 Å². The van der Waals surface area contributed by atoms with Crippen molar-refractivity contribution in [3.05, 3.63) is 64.2 Å². The molecule has 0 atom stereocenters. The zero-order valence-electron chi connectivity index (χ0n) is 9.79. The van der Waals surface area contributed by atoms with Crippen LogP contribution in [0.25, 0.3) is 0 Å². The van der Waals surface area contributed by atoms with E-state index in [1.807, 2.05) is 0 Å². The van der Waals surface area contributed by atoms with Crippen LogP contribution in [0.3, 0.4) is 0 Å². The molecule has 2 nitrogen and oxygen atoms in total. The highest BCUT2D eigenvalue weighted by molar-refractivity contribution is 6.31. The molecule has 0 unspecified atom stereocenters. The fourth-order valence-corrected chi connectivity index (χ4v) is 1.90.